The number of aryl methyl sites for hydroxylation is 1. The van der Waals surface area contributed by atoms with Gasteiger partial charge >= 0.3 is 0 Å². The van der Waals surface area contributed by atoms with Gasteiger partial charge in [-0.1, -0.05) is 29.8 Å². The second kappa shape index (κ2) is 8.65. The molecule has 1 N–H and O–H groups in total. The molecule has 154 valence electrons. The number of hydrogen-bond donors (Lipinski definition) is 1. The summed E-state index contributed by atoms with van der Waals surface area (Å²) >= 11 is 0. The first-order valence-corrected chi connectivity index (χ1v) is 11.3. The van der Waals surface area contributed by atoms with E-state index in [1.165, 1.54) is 0 Å². The average Bonchev–Trinajstić information content (AvgIpc) is 2.97. The van der Waals surface area contributed by atoms with Gasteiger partial charge in [-0.15, -0.1) is 0 Å². The van der Waals surface area contributed by atoms with Gasteiger partial charge in [0.25, 0.3) is 0 Å². The van der Waals surface area contributed by atoms with Crippen LogP contribution < -0.4 is 10.1 Å². The van der Waals surface area contributed by atoms with Crippen LogP contribution in [0.4, 0.5) is 0 Å². The summed E-state index contributed by atoms with van der Waals surface area (Å²) in [5.74, 6) is 0.745. The topological polar surface area (TPSA) is 90.3 Å². The summed E-state index contributed by atoms with van der Waals surface area (Å²) < 4.78 is 30.6. The molecule has 0 aliphatic rings. The van der Waals surface area contributed by atoms with E-state index in [0.717, 1.165) is 28.6 Å². The van der Waals surface area contributed by atoms with Crippen LogP contribution in [0.25, 0.3) is 11.0 Å². The fourth-order valence-electron chi connectivity index (χ4n) is 3.29. The van der Waals surface area contributed by atoms with Gasteiger partial charge < -0.3 is 14.6 Å². The van der Waals surface area contributed by atoms with E-state index in [-0.39, 0.29) is 18.2 Å². The van der Waals surface area contributed by atoms with Crippen molar-refractivity contribution < 1.29 is 17.9 Å². The van der Waals surface area contributed by atoms with Crippen molar-refractivity contribution in [1.29, 1.82) is 0 Å². The average molecular weight is 416 g/mol. The van der Waals surface area contributed by atoms with E-state index in [1.807, 2.05) is 43.3 Å². The van der Waals surface area contributed by atoms with Gasteiger partial charge in [0.2, 0.25) is 5.91 Å². The van der Waals surface area contributed by atoms with Crippen molar-refractivity contribution in [2.45, 2.75) is 25.6 Å². The van der Waals surface area contributed by atoms with Crippen LogP contribution in [0.3, 0.4) is 0 Å². The Morgan fingerprint density at radius 2 is 1.97 bits per heavy atom. The molecule has 2 aromatic carbocycles. The fraction of sp³-hybridized carbons (Fsp3) is 0.333. The lowest BCUT2D eigenvalue weighted by Gasteiger charge is -2.12. The number of carbonyl (C=O) groups excluding carboxylic acids is 1. The monoisotopic (exact) mass is 415 g/mol. The highest BCUT2D eigenvalue weighted by Gasteiger charge is 2.17. The smallest absolute Gasteiger partial charge is 0.240 e. The second-order valence-corrected chi connectivity index (χ2v) is 9.23. The molecule has 7 nitrogen and oxygen atoms in total. The molecule has 0 atom stereocenters. The summed E-state index contributed by atoms with van der Waals surface area (Å²) in [6.45, 7) is 2.47. The van der Waals surface area contributed by atoms with Gasteiger partial charge in [-0.05, 0) is 37.1 Å². The third-order valence-electron chi connectivity index (χ3n) is 4.58. The number of hydrogen-bond acceptors (Lipinski definition) is 5. The summed E-state index contributed by atoms with van der Waals surface area (Å²) in [6, 6.07) is 13.2. The number of imidazole rings is 1. The van der Waals surface area contributed by atoms with Gasteiger partial charge in [-0.3, -0.25) is 4.79 Å². The van der Waals surface area contributed by atoms with Crippen LogP contribution in [0.1, 0.15) is 17.0 Å². The van der Waals surface area contributed by atoms with Gasteiger partial charge in [0, 0.05) is 12.8 Å². The number of sulfone groups is 1. The largest absolute Gasteiger partial charge is 0.496 e. The number of para-hydroxylation sites is 2. The highest BCUT2D eigenvalue weighted by molar-refractivity contribution is 7.89. The van der Waals surface area contributed by atoms with E-state index in [2.05, 4.69) is 10.3 Å². The Morgan fingerprint density at radius 3 is 2.69 bits per heavy atom. The van der Waals surface area contributed by atoms with Crippen LogP contribution in [0, 0.1) is 6.92 Å². The lowest BCUT2D eigenvalue weighted by molar-refractivity contribution is -0.121. The van der Waals surface area contributed by atoms with Gasteiger partial charge in [0.1, 0.15) is 23.9 Å². The number of carbonyl (C=O) groups is 1. The van der Waals surface area contributed by atoms with Crippen LogP contribution >= 0.6 is 0 Å². The molecule has 0 unspecified atom stereocenters. The zero-order valence-electron chi connectivity index (χ0n) is 16.8. The van der Waals surface area contributed by atoms with Crippen molar-refractivity contribution in [3.63, 3.8) is 0 Å². The molecule has 0 aliphatic carbocycles. The predicted octanol–water partition coefficient (Wildman–Crippen LogP) is 2.26. The number of aromatic nitrogens is 2. The molecule has 1 heterocycles. The summed E-state index contributed by atoms with van der Waals surface area (Å²) in [4.78, 5) is 16.9. The Morgan fingerprint density at radius 1 is 1.21 bits per heavy atom. The minimum absolute atomic E-state index is 0.0102. The first-order valence-electron chi connectivity index (χ1n) is 9.29. The first-order chi connectivity index (χ1) is 13.8. The van der Waals surface area contributed by atoms with Crippen molar-refractivity contribution in [3.8, 4) is 5.75 Å². The third kappa shape index (κ3) is 5.35. The molecular formula is C21H25N3O4S. The number of rotatable bonds is 8. The zero-order valence-corrected chi connectivity index (χ0v) is 17.6. The molecule has 29 heavy (non-hydrogen) atoms. The molecule has 0 fully saturated rings. The quantitative estimate of drug-likeness (QED) is 0.609. The molecule has 1 aromatic heterocycles. The van der Waals surface area contributed by atoms with Crippen LogP contribution in [0.5, 0.6) is 5.75 Å². The Balaban J connectivity index is 1.71. The standard InChI is InChI=1S/C21H25N3O4S/c1-15-8-9-19(28-2)16(12-15)10-11-22-21(25)13-24-18-7-5-4-6-17(18)23-20(24)14-29(3,26)27/h4-9,12H,10-11,13-14H2,1-3H3,(H,22,25). The number of amides is 1. The summed E-state index contributed by atoms with van der Waals surface area (Å²) in [7, 11) is -1.65. The second-order valence-electron chi connectivity index (χ2n) is 7.09. The van der Waals surface area contributed by atoms with Gasteiger partial charge in [-0.25, -0.2) is 13.4 Å². The molecule has 3 rings (SSSR count). The van der Waals surface area contributed by atoms with Crippen molar-refractivity contribution in [3.05, 3.63) is 59.4 Å². The third-order valence-corrected chi connectivity index (χ3v) is 5.36. The lowest BCUT2D eigenvalue weighted by Crippen LogP contribution is -2.30. The van der Waals surface area contributed by atoms with Crippen molar-refractivity contribution in [2.75, 3.05) is 19.9 Å². The first kappa shape index (κ1) is 20.9. The molecule has 0 radical (unpaired) electrons. The van der Waals surface area contributed by atoms with E-state index in [4.69, 9.17) is 4.74 Å². The maximum atomic E-state index is 12.5. The fourth-order valence-corrected chi connectivity index (χ4v) is 3.97. The molecule has 0 saturated heterocycles. The molecule has 0 spiro atoms. The predicted molar refractivity (Wildman–Crippen MR) is 113 cm³/mol. The molecular weight excluding hydrogens is 390 g/mol. The van der Waals surface area contributed by atoms with Crippen LogP contribution in [0.2, 0.25) is 0 Å². The summed E-state index contributed by atoms with van der Waals surface area (Å²) in [5.41, 5.74) is 3.56. The Kier molecular flexibility index (Phi) is 6.22. The molecule has 0 aliphatic heterocycles. The number of fused-ring (bicyclic) bond motifs is 1. The van der Waals surface area contributed by atoms with E-state index >= 15 is 0 Å². The molecule has 1 amide bonds. The number of methoxy groups -OCH3 is 1. The molecule has 0 saturated carbocycles. The maximum Gasteiger partial charge on any atom is 0.240 e. The molecule has 8 heteroatoms. The maximum absolute atomic E-state index is 12.5. The zero-order chi connectivity index (χ0) is 21.0. The number of benzene rings is 2. The SMILES string of the molecule is COc1ccc(C)cc1CCNC(=O)Cn1c(CS(C)(=O)=O)nc2ccccc21. The minimum atomic E-state index is -3.28. The van der Waals surface area contributed by atoms with E-state index in [9.17, 15) is 13.2 Å². The van der Waals surface area contributed by atoms with Gasteiger partial charge in [0.05, 0.1) is 18.1 Å². The van der Waals surface area contributed by atoms with Gasteiger partial charge in [-0.2, -0.15) is 0 Å². The lowest BCUT2D eigenvalue weighted by atomic mass is 10.1. The molecule has 0 bridgehead atoms. The summed E-state index contributed by atoms with van der Waals surface area (Å²) in [5, 5.41) is 2.90. The Bertz CT molecular complexity index is 1140. The summed E-state index contributed by atoms with van der Waals surface area (Å²) in [6.07, 6.45) is 1.80. The minimum Gasteiger partial charge on any atom is -0.496 e. The highest BCUT2D eigenvalue weighted by atomic mass is 32.2. The highest BCUT2D eigenvalue weighted by Crippen LogP contribution is 2.20. The van der Waals surface area contributed by atoms with E-state index in [0.29, 0.717) is 24.3 Å². The van der Waals surface area contributed by atoms with Crippen LogP contribution in [0.15, 0.2) is 42.5 Å². The van der Waals surface area contributed by atoms with Crippen LogP contribution in [-0.4, -0.2) is 43.8 Å². The normalized spacial score (nSPS) is 11.6. The van der Waals surface area contributed by atoms with Crippen molar-refractivity contribution in [1.82, 2.24) is 14.9 Å². The Hall–Kier alpha value is -2.87. The van der Waals surface area contributed by atoms with Crippen molar-refractivity contribution in [2.24, 2.45) is 0 Å². The molecule has 3 aromatic rings. The van der Waals surface area contributed by atoms with E-state index in [1.54, 1.807) is 17.7 Å². The number of nitrogens with zero attached hydrogens (tertiary/aromatic N) is 2. The number of nitrogens with one attached hydrogen (secondary N) is 1. The van der Waals surface area contributed by atoms with Gasteiger partial charge in [0.15, 0.2) is 9.84 Å². The van der Waals surface area contributed by atoms with Crippen molar-refractivity contribution >= 4 is 26.8 Å². The Labute approximate surface area is 170 Å². The number of ether oxygens (including phenoxy) is 1. The van der Waals surface area contributed by atoms with E-state index < -0.39 is 9.84 Å². The van der Waals surface area contributed by atoms with Crippen LogP contribution in [-0.2, 0) is 33.4 Å².